The molecule has 1 unspecified atom stereocenters. The van der Waals surface area contributed by atoms with Crippen molar-refractivity contribution < 1.29 is 23.5 Å². The van der Waals surface area contributed by atoms with E-state index in [1.165, 1.54) is 41.1 Å². The Kier molecular flexibility index (Phi) is 10.4. The number of ether oxygens (including phenoxy) is 1. The molecule has 0 radical (unpaired) electrons. The summed E-state index contributed by atoms with van der Waals surface area (Å²) in [4.78, 5) is 41.4. The van der Waals surface area contributed by atoms with Gasteiger partial charge in [0.2, 0.25) is 5.91 Å². The van der Waals surface area contributed by atoms with Crippen molar-refractivity contribution in [2.75, 3.05) is 26.2 Å². The van der Waals surface area contributed by atoms with Crippen LogP contribution in [0.15, 0.2) is 67.0 Å². The van der Waals surface area contributed by atoms with Crippen LogP contribution in [0.2, 0.25) is 5.02 Å². The van der Waals surface area contributed by atoms with Crippen LogP contribution in [0.25, 0.3) is 11.8 Å². The van der Waals surface area contributed by atoms with Gasteiger partial charge in [-0.2, -0.15) is 4.68 Å². The highest BCUT2D eigenvalue weighted by Gasteiger charge is 2.36. The Balaban J connectivity index is 1.29. The summed E-state index contributed by atoms with van der Waals surface area (Å²) in [5, 5.41) is 14.4. The van der Waals surface area contributed by atoms with Crippen LogP contribution in [0, 0.1) is 11.7 Å². The Labute approximate surface area is 282 Å². The lowest BCUT2D eigenvalue weighted by atomic mass is 9.87. The van der Waals surface area contributed by atoms with E-state index in [1.807, 2.05) is 18.2 Å². The Hall–Kier alpha value is -4.74. The standard InChI is InChI=1S/C36H36ClFN6O4/c1-23(45)26-7-5-25(6-8-26)21-32(46)36-28-3-2-4-33(48-20-16-24-13-17-39-18-14-24)27(28)15-19-43(36)34(47)12-9-29-31(44-22-40-41-42-44)11-10-30(37)35(29)38/h2-12,22,24,36,39H,13-21H2,1H3/b12-9+. The topological polar surface area (TPSA) is 119 Å². The fourth-order valence-electron chi connectivity index (χ4n) is 6.45. The maximum atomic E-state index is 15.3. The Bertz CT molecular complexity index is 1820. The molecule has 4 aromatic rings. The quantitative estimate of drug-likeness (QED) is 0.167. The smallest absolute Gasteiger partial charge is 0.247 e. The largest absolute Gasteiger partial charge is 0.493 e. The molecular weight excluding hydrogens is 635 g/mol. The number of rotatable bonds is 11. The molecular formula is C36H36ClFN6O4. The summed E-state index contributed by atoms with van der Waals surface area (Å²) in [5.74, 6) is -0.121. The summed E-state index contributed by atoms with van der Waals surface area (Å²) in [6.07, 6.45) is 7.62. The zero-order chi connectivity index (χ0) is 33.6. The van der Waals surface area contributed by atoms with Crippen molar-refractivity contribution in [3.8, 4) is 11.4 Å². The molecule has 0 saturated carbocycles. The number of aromatic nitrogens is 4. The highest BCUT2D eigenvalue weighted by molar-refractivity contribution is 6.31. The zero-order valence-corrected chi connectivity index (χ0v) is 27.3. The molecule has 12 heteroatoms. The molecule has 0 bridgehead atoms. The van der Waals surface area contributed by atoms with Crippen molar-refractivity contribution in [2.24, 2.45) is 5.92 Å². The minimum Gasteiger partial charge on any atom is -0.493 e. The molecule has 6 rings (SSSR count). The number of ketones is 2. The lowest BCUT2D eigenvalue weighted by Gasteiger charge is -2.36. The van der Waals surface area contributed by atoms with E-state index in [0.29, 0.717) is 35.8 Å². The molecule has 3 aromatic carbocycles. The summed E-state index contributed by atoms with van der Waals surface area (Å²) in [6.45, 7) is 4.36. The average molecular weight is 671 g/mol. The van der Waals surface area contributed by atoms with Crippen molar-refractivity contribution in [1.29, 1.82) is 0 Å². The van der Waals surface area contributed by atoms with E-state index in [1.54, 1.807) is 30.3 Å². The Morgan fingerprint density at radius 2 is 1.88 bits per heavy atom. The van der Waals surface area contributed by atoms with Crippen LogP contribution in [-0.2, 0) is 22.4 Å². The number of carbonyl (C=O) groups is 3. The van der Waals surface area contributed by atoms with Gasteiger partial charge in [0, 0.05) is 35.7 Å². The van der Waals surface area contributed by atoms with E-state index in [4.69, 9.17) is 16.3 Å². The van der Waals surface area contributed by atoms with Gasteiger partial charge in [0.25, 0.3) is 0 Å². The number of nitrogens with one attached hydrogen (secondary N) is 1. The van der Waals surface area contributed by atoms with Gasteiger partial charge < -0.3 is 15.0 Å². The molecule has 1 aromatic heterocycles. The van der Waals surface area contributed by atoms with Crippen molar-refractivity contribution in [1.82, 2.24) is 30.4 Å². The van der Waals surface area contributed by atoms with E-state index >= 15 is 4.39 Å². The number of fused-ring (bicyclic) bond motifs is 1. The van der Waals surface area contributed by atoms with Gasteiger partial charge in [0.05, 0.1) is 17.3 Å². The monoisotopic (exact) mass is 670 g/mol. The first-order valence-corrected chi connectivity index (χ1v) is 16.5. The molecule has 1 amide bonds. The Morgan fingerprint density at radius 1 is 1.08 bits per heavy atom. The number of Topliss-reactive ketones (excluding diaryl/α,β-unsaturated/α-hetero) is 2. The van der Waals surface area contributed by atoms with E-state index in [9.17, 15) is 14.4 Å². The number of hydrogen-bond donors (Lipinski definition) is 1. The molecule has 1 saturated heterocycles. The van der Waals surface area contributed by atoms with Gasteiger partial charge in [-0.1, -0.05) is 48.0 Å². The minimum absolute atomic E-state index is 0.0263. The fourth-order valence-corrected chi connectivity index (χ4v) is 6.62. The van der Waals surface area contributed by atoms with E-state index in [0.717, 1.165) is 49.2 Å². The van der Waals surface area contributed by atoms with E-state index < -0.39 is 17.8 Å². The van der Waals surface area contributed by atoms with Crippen LogP contribution in [0.3, 0.4) is 0 Å². The van der Waals surface area contributed by atoms with E-state index in [-0.39, 0.29) is 35.1 Å². The maximum absolute atomic E-state index is 15.3. The molecule has 10 nitrogen and oxygen atoms in total. The first kappa shape index (κ1) is 33.2. The van der Waals surface area contributed by atoms with Crippen LogP contribution in [0.5, 0.6) is 5.75 Å². The zero-order valence-electron chi connectivity index (χ0n) is 26.6. The van der Waals surface area contributed by atoms with Crippen LogP contribution >= 0.6 is 11.6 Å². The summed E-state index contributed by atoms with van der Waals surface area (Å²) < 4.78 is 22.8. The molecule has 248 valence electrons. The van der Waals surface area contributed by atoms with Gasteiger partial charge >= 0.3 is 0 Å². The number of benzene rings is 3. The molecule has 3 heterocycles. The number of halogens is 2. The van der Waals surface area contributed by atoms with Gasteiger partial charge in [-0.15, -0.1) is 5.10 Å². The SMILES string of the molecule is CC(=O)c1ccc(CC(=O)C2c3cccc(OCCC4CCNCC4)c3CCN2C(=O)/C=C/c2c(-n3cnnn3)ccc(Cl)c2F)cc1. The first-order valence-electron chi connectivity index (χ1n) is 16.1. The number of tetrazole rings is 1. The third-order valence-electron chi connectivity index (χ3n) is 9.05. The van der Waals surface area contributed by atoms with Gasteiger partial charge in [0.1, 0.15) is 18.1 Å². The fraction of sp³-hybridized carbons (Fsp3) is 0.333. The molecule has 2 aliphatic rings. The highest BCUT2D eigenvalue weighted by atomic mass is 35.5. The second-order valence-corrected chi connectivity index (χ2v) is 12.5. The van der Waals surface area contributed by atoms with Gasteiger partial charge in [-0.05, 0) is 97.4 Å². The normalized spacial score (nSPS) is 16.6. The third-order valence-corrected chi connectivity index (χ3v) is 9.34. The van der Waals surface area contributed by atoms with Gasteiger partial charge in [-0.25, -0.2) is 4.39 Å². The van der Waals surface area contributed by atoms with Crippen molar-refractivity contribution in [3.05, 3.63) is 106 Å². The number of hydrogen-bond acceptors (Lipinski definition) is 8. The lowest BCUT2D eigenvalue weighted by molar-refractivity contribution is -0.136. The lowest BCUT2D eigenvalue weighted by Crippen LogP contribution is -2.43. The average Bonchev–Trinajstić information content (AvgIpc) is 3.64. The summed E-state index contributed by atoms with van der Waals surface area (Å²) in [5.41, 5.74) is 3.21. The van der Waals surface area contributed by atoms with E-state index in [2.05, 4.69) is 20.8 Å². The first-order chi connectivity index (χ1) is 23.3. The molecule has 1 atom stereocenters. The van der Waals surface area contributed by atoms with Crippen molar-refractivity contribution in [3.63, 3.8) is 0 Å². The minimum atomic E-state index is -0.908. The second-order valence-electron chi connectivity index (χ2n) is 12.1. The second kappa shape index (κ2) is 15.0. The summed E-state index contributed by atoms with van der Waals surface area (Å²) in [7, 11) is 0. The number of nitrogens with zero attached hydrogens (tertiary/aromatic N) is 5. The van der Waals surface area contributed by atoms with Crippen LogP contribution in [-0.4, -0.2) is 68.8 Å². The number of amides is 1. The third kappa shape index (κ3) is 7.37. The number of piperidine rings is 1. The van der Waals surface area contributed by atoms with Gasteiger partial charge in [-0.3, -0.25) is 14.4 Å². The van der Waals surface area contributed by atoms with Crippen LogP contribution in [0.4, 0.5) is 4.39 Å². The molecule has 2 aliphatic heterocycles. The molecule has 0 spiro atoms. The van der Waals surface area contributed by atoms with Crippen LogP contribution in [0.1, 0.15) is 64.8 Å². The summed E-state index contributed by atoms with van der Waals surface area (Å²) in [6, 6.07) is 14.6. The Morgan fingerprint density at radius 3 is 2.60 bits per heavy atom. The number of carbonyl (C=O) groups excluding carboxylic acids is 3. The van der Waals surface area contributed by atoms with Gasteiger partial charge in [0.15, 0.2) is 17.4 Å². The molecule has 48 heavy (non-hydrogen) atoms. The predicted molar refractivity (Wildman–Crippen MR) is 179 cm³/mol. The highest BCUT2D eigenvalue weighted by Crippen LogP contribution is 2.37. The van der Waals surface area contributed by atoms with Crippen LogP contribution < -0.4 is 10.1 Å². The maximum Gasteiger partial charge on any atom is 0.247 e. The van der Waals surface area contributed by atoms with Crippen molar-refractivity contribution >= 4 is 35.2 Å². The summed E-state index contributed by atoms with van der Waals surface area (Å²) >= 11 is 6.09. The molecule has 1 N–H and O–H groups in total. The molecule has 1 fully saturated rings. The predicted octanol–water partition coefficient (Wildman–Crippen LogP) is 5.38. The molecule has 0 aliphatic carbocycles. The van der Waals surface area contributed by atoms with Crippen molar-refractivity contribution in [2.45, 2.75) is 45.1 Å².